The van der Waals surface area contributed by atoms with Crippen LogP contribution in [0, 0.1) is 10.1 Å². The zero-order valence-electron chi connectivity index (χ0n) is 6.53. The molecule has 0 saturated heterocycles. The molecular weight excluding hydrogens is 277 g/mol. The van der Waals surface area contributed by atoms with E-state index in [0.29, 0.717) is 0 Å². The third kappa shape index (κ3) is 1.85. The molecule has 0 aliphatic heterocycles. The van der Waals surface area contributed by atoms with E-state index in [9.17, 15) is 14.9 Å². The molecule has 7 heteroatoms. The molecule has 5 nitrogen and oxygen atoms in total. The highest BCUT2D eigenvalue weighted by Crippen LogP contribution is 2.33. The van der Waals surface area contributed by atoms with E-state index >= 15 is 0 Å². The molecule has 0 fully saturated rings. The molecule has 0 aliphatic carbocycles. The van der Waals surface area contributed by atoms with Crippen LogP contribution in [0.2, 0.25) is 5.02 Å². The lowest BCUT2D eigenvalue weighted by molar-refractivity contribution is -0.386. The van der Waals surface area contributed by atoms with E-state index in [1.807, 2.05) is 0 Å². The quantitative estimate of drug-likeness (QED) is 0.667. The minimum atomic E-state index is -1.43. The van der Waals surface area contributed by atoms with Crippen LogP contribution in [0.4, 0.5) is 5.69 Å². The molecule has 0 radical (unpaired) electrons. The smallest absolute Gasteiger partial charge is 0.344 e. The van der Waals surface area contributed by atoms with E-state index in [4.69, 9.17) is 16.7 Å². The Balaban J connectivity index is 3.58. The fraction of sp³-hybridized carbons (Fsp3) is 0. The number of nitro groups is 1. The van der Waals surface area contributed by atoms with Crippen molar-refractivity contribution < 1.29 is 14.8 Å². The fourth-order valence-corrected chi connectivity index (χ4v) is 1.63. The van der Waals surface area contributed by atoms with E-state index in [1.165, 1.54) is 12.1 Å². The number of hydrogen-bond donors (Lipinski definition) is 1. The molecule has 0 amide bonds. The van der Waals surface area contributed by atoms with Crippen LogP contribution in [0.1, 0.15) is 10.4 Å². The second-order valence-corrected chi connectivity index (χ2v) is 3.58. The number of aromatic carboxylic acids is 1. The number of carboxylic acids is 1. The van der Waals surface area contributed by atoms with Crippen molar-refractivity contribution >= 4 is 39.2 Å². The summed E-state index contributed by atoms with van der Waals surface area (Å²) >= 11 is 8.42. The van der Waals surface area contributed by atoms with Crippen molar-refractivity contribution in [3.05, 3.63) is 37.3 Å². The van der Waals surface area contributed by atoms with Gasteiger partial charge in [-0.15, -0.1) is 0 Å². The van der Waals surface area contributed by atoms with E-state index in [0.717, 1.165) is 0 Å². The zero-order chi connectivity index (χ0) is 10.9. The maximum atomic E-state index is 10.7. The summed E-state index contributed by atoms with van der Waals surface area (Å²) in [7, 11) is 0. The average Bonchev–Trinajstić information content (AvgIpc) is 2.07. The van der Waals surface area contributed by atoms with Crippen molar-refractivity contribution in [2.45, 2.75) is 0 Å². The Labute approximate surface area is 91.6 Å². The van der Waals surface area contributed by atoms with E-state index < -0.39 is 22.1 Å². The molecule has 1 aromatic carbocycles. The van der Waals surface area contributed by atoms with Gasteiger partial charge in [0, 0.05) is 0 Å². The van der Waals surface area contributed by atoms with Gasteiger partial charge in [-0.1, -0.05) is 11.6 Å². The molecule has 1 aromatic rings. The summed E-state index contributed by atoms with van der Waals surface area (Å²) in [5, 5.41) is 19.1. The average molecular weight is 280 g/mol. The Morgan fingerprint density at radius 2 is 2.14 bits per heavy atom. The van der Waals surface area contributed by atoms with Crippen molar-refractivity contribution in [1.29, 1.82) is 0 Å². The first-order valence-corrected chi connectivity index (χ1v) is 4.48. The minimum Gasteiger partial charge on any atom is -0.477 e. The van der Waals surface area contributed by atoms with Crippen LogP contribution in [-0.4, -0.2) is 16.0 Å². The molecule has 1 rings (SSSR count). The third-order valence-electron chi connectivity index (χ3n) is 1.47. The van der Waals surface area contributed by atoms with Crippen LogP contribution in [0.3, 0.4) is 0 Å². The Kier molecular flexibility index (Phi) is 3.07. The first-order valence-electron chi connectivity index (χ1n) is 3.31. The molecule has 0 heterocycles. The SMILES string of the molecule is O=C(O)c1c(Cl)ccc(Br)c1[N+](=O)[O-]. The molecule has 0 saturated carbocycles. The van der Waals surface area contributed by atoms with Crippen LogP contribution in [-0.2, 0) is 0 Å². The Morgan fingerprint density at radius 1 is 1.57 bits per heavy atom. The third-order valence-corrected chi connectivity index (χ3v) is 2.43. The topological polar surface area (TPSA) is 80.4 Å². The summed E-state index contributed by atoms with van der Waals surface area (Å²) in [5.74, 6) is -1.43. The summed E-state index contributed by atoms with van der Waals surface area (Å²) in [6, 6.07) is 2.61. The van der Waals surface area contributed by atoms with Gasteiger partial charge in [0.1, 0.15) is 0 Å². The maximum absolute atomic E-state index is 10.7. The molecule has 0 aromatic heterocycles. The number of benzene rings is 1. The van der Waals surface area contributed by atoms with Crippen molar-refractivity contribution in [1.82, 2.24) is 0 Å². The maximum Gasteiger partial charge on any atom is 0.344 e. The summed E-state index contributed by atoms with van der Waals surface area (Å²) in [4.78, 5) is 20.5. The Morgan fingerprint density at radius 3 is 2.50 bits per heavy atom. The minimum absolute atomic E-state index is 0.0873. The highest BCUT2D eigenvalue weighted by molar-refractivity contribution is 9.10. The molecule has 0 aliphatic rings. The molecular formula is C7H3BrClNO4. The highest BCUT2D eigenvalue weighted by Gasteiger charge is 2.26. The van der Waals surface area contributed by atoms with Gasteiger partial charge in [-0.05, 0) is 28.1 Å². The van der Waals surface area contributed by atoms with Gasteiger partial charge in [-0.25, -0.2) is 4.79 Å². The lowest BCUT2D eigenvalue weighted by Crippen LogP contribution is -2.04. The fourth-order valence-electron chi connectivity index (χ4n) is 0.923. The second-order valence-electron chi connectivity index (χ2n) is 2.32. The summed E-state index contributed by atoms with van der Waals surface area (Å²) in [5.41, 5.74) is -1.05. The normalized spacial score (nSPS) is 9.86. The highest BCUT2D eigenvalue weighted by atomic mass is 79.9. The number of rotatable bonds is 2. The van der Waals surface area contributed by atoms with Crippen molar-refractivity contribution in [2.24, 2.45) is 0 Å². The first-order chi connectivity index (χ1) is 6.45. The number of halogens is 2. The standard InChI is InChI=1S/C7H3BrClNO4/c8-3-1-2-4(9)5(7(11)12)6(3)10(13)14/h1-2H,(H,11,12). The van der Waals surface area contributed by atoms with Crippen molar-refractivity contribution in [2.75, 3.05) is 0 Å². The van der Waals surface area contributed by atoms with Crippen LogP contribution >= 0.6 is 27.5 Å². The molecule has 0 atom stereocenters. The molecule has 0 bridgehead atoms. The lowest BCUT2D eigenvalue weighted by atomic mass is 10.2. The van der Waals surface area contributed by atoms with E-state index in [-0.39, 0.29) is 9.50 Å². The van der Waals surface area contributed by atoms with E-state index in [2.05, 4.69) is 15.9 Å². The molecule has 0 spiro atoms. The predicted octanol–water partition coefficient (Wildman–Crippen LogP) is 2.71. The first kappa shape index (κ1) is 10.9. The largest absolute Gasteiger partial charge is 0.477 e. The van der Waals surface area contributed by atoms with Gasteiger partial charge in [0.25, 0.3) is 5.69 Å². The van der Waals surface area contributed by atoms with Gasteiger partial charge in [0.2, 0.25) is 0 Å². The summed E-state index contributed by atoms with van der Waals surface area (Å²) in [6.07, 6.45) is 0. The molecule has 1 N–H and O–H groups in total. The number of hydrogen-bond acceptors (Lipinski definition) is 3. The Bertz CT molecular complexity index is 381. The van der Waals surface area contributed by atoms with Crippen LogP contribution in [0.15, 0.2) is 16.6 Å². The summed E-state index contributed by atoms with van der Waals surface area (Å²) < 4.78 is 0.0873. The predicted molar refractivity (Wildman–Crippen MR) is 52.8 cm³/mol. The van der Waals surface area contributed by atoms with Crippen LogP contribution in [0.25, 0.3) is 0 Å². The lowest BCUT2D eigenvalue weighted by Gasteiger charge is -2.01. The van der Waals surface area contributed by atoms with Gasteiger partial charge >= 0.3 is 5.97 Å². The zero-order valence-corrected chi connectivity index (χ0v) is 8.87. The van der Waals surface area contributed by atoms with Gasteiger partial charge in [0.05, 0.1) is 14.4 Å². The monoisotopic (exact) mass is 279 g/mol. The molecule has 74 valence electrons. The van der Waals surface area contributed by atoms with E-state index in [1.54, 1.807) is 0 Å². The molecule has 14 heavy (non-hydrogen) atoms. The van der Waals surface area contributed by atoms with Gasteiger partial charge in [-0.2, -0.15) is 0 Å². The number of nitrogens with zero attached hydrogens (tertiary/aromatic N) is 1. The second kappa shape index (κ2) is 3.93. The van der Waals surface area contributed by atoms with Crippen LogP contribution < -0.4 is 0 Å². The van der Waals surface area contributed by atoms with Crippen molar-refractivity contribution in [3.63, 3.8) is 0 Å². The van der Waals surface area contributed by atoms with Gasteiger partial charge in [-0.3, -0.25) is 10.1 Å². The molecule has 0 unspecified atom stereocenters. The van der Waals surface area contributed by atoms with Gasteiger partial charge < -0.3 is 5.11 Å². The number of carboxylic acid groups (broad SMARTS) is 1. The Hall–Kier alpha value is -1.14. The number of nitro benzene ring substituents is 1. The summed E-state index contributed by atoms with van der Waals surface area (Å²) in [6.45, 7) is 0. The van der Waals surface area contributed by atoms with Gasteiger partial charge in [0.15, 0.2) is 5.56 Å². The van der Waals surface area contributed by atoms with Crippen molar-refractivity contribution in [3.8, 4) is 0 Å². The van der Waals surface area contributed by atoms with Crippen LogP contribution in [0.5, 0.6) is 0 Å². The number of carbonyl (C=O) groups is 1.